The second-order valence-corrected chi connectivity index (χ2v) is 11.4. The largest absolute Gasteiger partial charge is 0.396 e. The number of halogens is 2. The van der Waals surface area contributed by atoms with Crippen molar-refractivity contribution < 1.29 is 32.2 Å². The van der Waals surface area contributed by atoms with Gasteiger partial charge in [-0.3, -0.25) is 9.52 Å². The van der Waals surface area contributed by atoms with Gasteiger partial charge < -0.3 is 20.8 Å². The first-order valence-electron chi connectivity index (χ1n) is 13.0. The van der Waals surface area contributed by atoms with Gasteiger partial charge in [0.2, 0.25) is 10.0 Å². The fraction of sp³-hybridized carbons (Fsp3) is 0.345. The molecule has 0 fully saturated rings. The molecule has 0 aliphatic carbocycles. The molecule has 11 heteroatoms. The molecular weight excluding hydrogens is 540 g/mol. The molecule has 5 N–H and O–H groups in total. The van der Waals surface area contributed by atoms with Crippen LogP contribution in [-0.4, -0.2) is 55.6 Å². The summed E-state index contributed by atoms with van der Waals surface area (Å²) in [6, 6.07) is 15.9. The minimum atomic E-state index is -3.72. The minimum absolute atomic E-state index is 0.0535. The number of nitrogens with one attached hydrogen (secondary N) is 3. The lowest BCUT2D eigenvalue weighted by Gasteiger charge is -2.25. The smallest absolute Gasteiger partial charge is 0.251 e. The van der Waals surface area contributed by atoms with Gasteiger partial charge in [0.05, 0.1) is 17.9 Å². The number of hydrogen-bond acceptors (Lipinski definition) is 6. The van der Waals surface area contributed by atoms with Gasteiger partial charge in [-0.1, -0.05) is 37.3 Å². The number of benzene rings is 3. The predicted molar refractivity (Wildman–Crippen MR) is 150 cm³/mol. The number of carbonyl (C=O) groups excluding carboxylic acids is 1. The van der Waals surface area contributed by atoms with E-state index >= 15 is 0 Å². The highest BCUT2D eigenvalue weighted by Gasteiger charge is 2.23. The molecule has 0 heterocycles. The van der Waals surface area contributed by atoms with E-state index in [0.717, 1.165) is 30.2 Å². The van der Waals surface area contributed by atoms with Crippen LogP contribution in [0.25, 0.3) is 0 Å². The van der Waals surface area contributed by atoms with Crippen LogP contribution < -0.4 is 15.4 Å². The van der Waals surface area contributed by atoms with Crippen molar-refractivity contribution in [3.8, 4) is 0 Å². The highest BCUT2D eigenvalue weighted by atomic mass is 32.2. The van der Waals surface area contributed by atoms with Gasteiger partial charge in [-0.15, -0.1) is 0 Å². The van der Waals surface area contributed by atoms with Crippen LogP contribution in [-0.2, 0) is 29.4 Å². The van der Waals surface area contributed by atoms with Crippen molar-refractivity contribution in [2.24, 2.45) is 0 Å². The van der Waals surface area contributed by atoms with E-state index < -0.39 is 39.7 Å². The van der Waals surface area contributed by atoms with Gasteiger partial charge >= 0.3 is 0 Å². The Labute approximate surface area is 233 Å². The predicted octanol–water partition coefficient (Wildman–Crippen LogP) is 3.14. The molecule has 0 aliphatic rings. The zero-order valence-corrected chi connectivity index (χ0v) is 23.1. The van der Waals surface area contributed by atoms with E-state index in [1.807, 2.05) is 18.2 Å². The zero-order valence-electron chi connectivity index (χ0n) is 22.2. The fourth-order valence-electron chi connectivity index (χ4n) is 4.19. The van der Waals surface area contributed by atoms with E-state index in [9.17, 15) is 27.1 Å². The number of aliphatic hydroxyl groups is 2. The second kappa shape index (κ2) is 14.8. The molecule has 3 aromatic rings. The Morgan fingerprint density at radius 3 is 2.35 bits per heavy atom. The van der Waals surface area contributed by atoms with Crippen LogP contribution in [0.2, 0.25) is 0 Å². The lowest BCUT2D eigenvalue weighted by Crippen LogP contribution is -2.48. The van der Waals surface area contributed by atoms with Crippen molar-refractivity contribution in [2.45, 2.75) is 44.9 Å². The first kappa shape index (κ1) is 31.2. The van der Waals surface area contributed by atoms with Crippen molar-refractivity contribution in [1.29, 1.82) is 0 Å². The lowest BCUT2D eigenvalue weighted by molar-refractivity contribution is 0.0830. The summed E-state index contributed by atoms with van der Waals surface area (Å²) in [5.74, 6) is -2.43. The number of amides is 1. The molecular formula is C29H35F2N3O5S. The summed E-state index contributed by atoms with van der Waals surface area (Å²) in [7, 11) is -3.72. The minimum Gasteiger partial charge on any atom is -0.396 e. The summed E-state index contributed by atoms with van der Waals surface area (Å²) < 4.78 is 54.4. The fourth-order valence-corrected chi connectivity index (χ4v) is 5.29. The summed E-state index contributed by atoms with van der Waals surface area (Å²) in [4.78, 5) is 13.1. The zero-order chi connectivity index (χ0) is 29.1. The van der Waals surface area contributed by atoms with Gasteiger partial charge in [0.25, 0.3) is 5.91 Å². The summed E-state index contributed by atoms with van der Waals surface area (Å²) in [6.07, 6.45) is -0.222. The molecule has 1 amide bonds. The highest BCUT2D eigenvalue weighted by Crippen LogP contribution is 2.16. The highest BCUT2D eigenvalue weighted by molar-refractivity contribution is 7.92. The number of sulfonamides is 1. The third kappa shape index (κ3) is 9.98. The van der Waals surface area contributed by atoms with Gasteiger partial charge in [-0.2, -0.15) is 0 Å². The van der Waals surface area contributed by atoms with Crippen LogP contribution in [0.15, 0.2) is 66.7 Å². The van der Waals surface area contributed by atoms with Crippen LogP contribution in [0, 0.1) is 11.6 Å². The van der Waals surface area contributed by atoms with Gasteiger partial charge in [0, 0.05) is 37.0 Å². The summed E-state index contributed by atoms with van der Waals surface area (Å²) in [5, 5.41) is 25.8. The van der Waals surface area contributed by atoms with Crippen LogP contribution >= 0.6 is 0 Å². The molecule has 8 nitrogen and oxygen atoms in total. The average molecular weight is 576 g/mol. The standard InChI is InChI=1S/C29H35F2N3O5S/c1-2-20-6-3-7-21(12-20)18-32-19-28(36)27(15-22-13-24(30)17-25(31)14-22)33-29(37)23-8-4-9-26(16-23)34-40(38,39)11-5-10-35/h3-4,6-9,12-14,16-17,27-28,32,34-36H,2,5,10-11,15,18-19H2,1H3,(H,33,37)/t27-,28+/m0/s1. The van der Waals surface area contributed by atoms with Crippen molar-refractivity contribution >= 4 is 21.6 Å². The molecule has 0 spiro atoms. The molecule has 0 aromatic heterocycles. The number of aliphatic hydroxyl groups excluding tert-OH is 2. The first-order chi connectivity index (χ1) is 19.1. The van der Waals surface area contributed by atoms with Crippen molar-refractivity contribution in [2.75, 3.05) is 23.6 Å². The summed E-state index contributed by atoms with van der Waals surface area (Å²) >= 11 is 0. The lowest BCUT2D eigenvalue weighted by atomic mass is 10.00. The molecule has 0 radical (unpaired) electrons. The Kier molecular flexibility index (Phi) is 11.6. The van der Waals surface area contributed by atoms with Crippen LogP contribution in [0.3, 0.4) is 0 Å². The van der Waals surface area contributed by atoms with E-state index in [-0.39, 0.29) is 48.6 Å². The van der Waals surface area contributed by atoms with E-state index in [2.05, 4.69) is 28.3 Å². The molecule has 3 aromatic carbocycles. The van der Waals surface area contributed by atoms with E-state index in [1.54, 1.807) is 0 Å². The van der Waals surface area contributed by atoms with Crippen molar-refractivity contribution in [1.82, 2.24) is 10.6 Å². The SMILES string of the molecule is CCc1cccc(CNC[C@@H](O)[C@H](Cc2cc(F)cc(F)c2)NC(=O)c2cccc(NS(=O)(=O)CCCO)c2)c1. The van der Waals surface area contributed by atoms with Gasteiger partial charge in [-0.25, -0.2) is 17.2 Å². The van der Waals surface area contributed by atoms with E-state index in [0.29, 0.717) is 6.54 Å². The van der Waals surface area contributed by atoms with Gasteiger partial charge in [0.15, 0.2) is 0 Å². The summed E-state index contributed by atoms with van der Waals surface area (Å²) in [5.41, 5.74) is 2.73. The second-order valence-electron chi connectivity index (χ2n) is 9.51. The van der Waals surface area contributed by atoms with Crippen LogP contribution in [0.4, 0.5) is 14.5 Å². The Hall–Kier alpha value is -3.38. The Morgan fingerprint density at radius 2 is 1.65 bits per heavy atom. The molecule has 2 atom stereocenters. The van der Waals surface area contributed by atoms with E-state index in [4.69, 9.17) is 5.11 Å². The normalized spacial score (nSPS) is 13.0. The monoisotopic (exact) mass is 575 g/mol. The van der Waals surface area contributed by atoms with Gasteiger partial charge in [0.1, 0.15) is 11.6 Å². The molecule has 40 heavy (non-hydrogen) atoms. The quantitative estimate of drug-likeness (QED) is 0.190. The topological polar surface area (TPSA) is 128 Å². The Bertz CT molecular complexity index is 1370. The van der Waals surface area contributed by atoms with Crippen molar-refractivity contribution in [3.63, 3.8) is 0 Å². The van der Waals surface area contributed by atoms with E-state index in [1.165, 1.54) is 29.8 Å². The first-order valence-corrected chi connectivity index (χ1v) is 14.7. The number of anilines is 1. The maximum absolute atomic E-state index is 13.8. The number of carbonyl (C=O) groups is 1. The average Bonchev–Trinajstić information content (AvgIpc) is 2.91. The van der Waals surface area contributed by atoms with Crippen LogP contribution in [0.5, 0.6) is 0 Å². The Balaban J connectivity index is 1.74. The molecule has 3 rings (SSSR count). The van der Waals surface area contributed by atoms with Crippen molar-refractivity contribution in [3.05, 3.63) is 101 Å². The molecule has 0 aliphatic heterocycles. The third-order valence-corrected chi connectivity index (χ3v) is 7.58. The maximum atomic E-state index is 13.8. The molecule has 216 valence electrons. The molecule has 0 bridgehead atoms. The summed E-state index contributed by atoms with van der Waals surface area (Å²) in [6.45, 7) is 2.34. The van der Waals surface area contributed by atoms with Gasteiger partial charge in [-0.05, 0) is 66.3 Å². The number of aryl methyl sites for hydroxylation is 1. The molecule has 0 saturated carbocycles. The molecule has 0 unspecified atom stereocenters. The number of rotatable bonds is 15. The maximum Gasteiger partial charge on any atom is 0.251 e. The van der Waals surface area contributed by atoms with Crippen LogP contribution in [0.1, 0.15) is 40.4 Å². The third-order valence-electron chi connectivity index (χ3n) is 6.21. The number of hydrogen-bond donors (Lipinski definition) is 5. The Morgan fingerprint density at radius 1 is 0.950 bits per heavy atom. The molecule has 0 saturated heterocycles.